The zero-order valence-electron chi connectivity index (χ0n) is 13.0. The Hall–Kier alpha value is -3.10. The molecule has 25 heavy (non-hydrogen) atoms. The number of carbonyl (C=O) groups excluding carboxylic acids is 1. The lowest BCUT2D eigenvalue weighted by Gasteiger charge is -2.14. The van der Waals surface area contributed by atoms with Crippen molar-refractivity contribution in [1.82, 2.24) is 0 Å². The van der Waals surface area contributed by atoms with Crippen molar-refractivity contribution in [3.63, 3.8) is 0 Å². The molecule has 0 saturated heterocycles. The Morgan fingerprint density at radius 2 is 1.84 bits per heavy atom. The molecule has 2 aromatic carbocycles. The van der Waals surface area contributed by atoms with Crippen LogP contribution in [-0.4, -0.2) is 23.6 Å². The topological polar surface area (TPSA) is 81.5 Å². The molecule has 0 saturated carbocycles. The summed E-state index contributed by atoms with van der Waals surface area (Å²) in [5.74, 6) is -0.747. The molecule has 0 aliphatic heterocycles. The number of nitro groups is 1. The van der Waals surface area contributed by atoms with Crippen LogP contribution in [0.1, 0.15) is 15.9 Å². The van der Waals surface area contributed by atoms with Crippen LogP contribution < -0.4 is 10.1 Å². The number of carbonyl (C=O) groups is 1. The van der Waals surface area contributed by atoms with Gasteiger partial charge in [0.25, 0.3) is 11.6 Å². The number of nitrogens with zero attached hydrogens (tertiary/aromatic N) is 1. The van der Waals surface area contributed by atoms with Gasteiger partial charge in [-0.1, -0.05) is 6.07 Å². The fraction of sp³-hybridized carbons (Fsp3) is 0.188. The smallest absolute Gasteiger partial charge is 0.422 e. The molecule has 0 atom stereocenters. The predicted molar refractivity (Wildman–Crippen MR) is 83.8 cm³/mol. The molecule has 0 heterocycles. The molecular weight excluding hydrogens is 341 g/mol. The quantitative estimate of drug-likeness (QED) is 0.647. The molecule has 0 aromatic heterocycles. The van der Waals surface area contributed by atoms with Crippen molar-refractivity contribution >= 4 is 17.3 Å². The van der Waals surface area contributed by atoms with Crippen LogP contribution >= 0.6 is 0 Å². The van der Waals surface area contributed by atoms with Crippen LogP contribution in [0.15, 0.2) is 42.5 Å². The fourth-order valence-corrected chi connectivity index (χ4v) is 1.94. The van der Waals surface area contributed by atoms with Gasteiger partial charge in [0.1, 0.15) is 5.75 Å². The number of nitrogens with one attached hydrogen (secondary N) is 1. The first-order valence-electron chi connectivity index (χ1n) is 7.02. The molecule has 9 heteroatoms. The van der Waals surface area contributed by atoms with Crippen LogP contribution in [0.3, 0.4) is 0 Å². The number of ether oxygens (including phenoxy) is 1. The Balaban J connectivity index is 2.18. The van der Waals surface area contributed by atoms with Gasteiger partial charge in [0.2, 0.25) is 0 Å². The Morgan fingerprint density at radius 1 is 1.20 bits per heavy atom. The second-order valence-corrected chi connectivity index (χ2v) is 5.16. The number of anilines is 1. The fourth-order valence-electron chi connectivity index (χ4n) is 1.94. The summed E-state index contributed by atoms with van der Waals surface area (Å²) >= 11 is 0. The van der Waals surface area contributed by atoms with E-state index in [1.165, 1.54) is 24.3 Å². The number of hydrogen-bond donors (Lipinski definition) is 1. The summed E-state index contributed by atoms with van der Waals surface area (Å²) in [5, 5.41) is 13.0. The predicted octanol–water partition coefficient (Wildman–Crippen LogP) is 4.10. The standard InChI is InChI=1S/C16H13F3N2O4/c1-10-2-7-13(14(8-10)25-9-16(17,18)19)20-15(22)11-3-5-12(6-4-11)21(23)24/h2-8H,9H2,1H3,(H,20,22). The summed E-state index contributed by atoms with van der Waals surface area (Å²) in [7, 11) is 0. The van der Waals surface area contributed by atoms with E-state index in [2.05, 4.69) is 5.32 Å². The number of non-ortho nitro benzene ring substituents is 1. The number of aryl methyl sites for hydroxylation is 1. The first-order valence-corrected chi connectivity index (χ1v) is 7.02. The van der Waals surface area contributed by atoms with E-state index < -0.39 is 23.6 Å². The molecular formula is C16H13F3N2O4. The maximum atomic E-state index is 12.3. The summed E-state index contributed by atoms with van der Waals surface area (Å²) in [6.45, 7) is 0.180. The SMILES string of the molecule is Cc1ccc(NC(=O)c2ccc([N+](=O)[O-])cc2)c(OCC(F)(F)F)c1. The Kier molecular flexibility index (Phi) is 5.26. The van der Waals surface area contributed by atoms with Crippen molar-refractivity contribution in [2.75, 3.05) is 11.9 Å². The lowest BCUT2D eigenvalue weighted by atomic mass is 10.1. The molecule has 6 nitrogen and oxygen atoms in total. The minimum atomic E-state index is -4.51. The van der Waals surface area contributed by atoms with Crippen LogP contribution in [0.5, 0.6) is 5.75 Å². The lowest BCUT2D eigenvalue weighted by Crippen LogP contribution is -2.20. The van der Waals surface area contributed by atoms with E-state index in [1.807, 2.05) is 0 Å². The number of hydrogen-bond acceptors (Lipinski definition) is 4. The van der Waals surface area contributed by atoms with Gasteiger partial charge in [-0.25, -0.2) is 0 Å². The largest absolute Gasteiger partial charge is 0.482 e. The number of benzene rings is 2. The van der Waals surface area contributed by atoms with E-state index in [-0.39, 0.29) is 22.7 Å². The van der Waals surface area contributed by atoms with Gasteiger partial charge in [0.05, 0.1) is 10.6 Å². The zero-order chi connectivity index (χ0) is 18.6. The molecule has 0 bridgehead atoms. The third kappa shape index (κ3) is 5.20. The average Bonchev–Trinajstić information content (AvgIpc) is 2.54. The van der Waals surface area contributed by atoms with Gasteiger partial charge in [0.15, 0.2) is 6.61 Å². The molecule has 132 valence electrons. The van der Waals surface area contributed by atoms with Gasteiger partial charge in [-0.2, -0.15) is 13.2 Å². The zero-order valence-corrected chi connectivity index (χ0v) is 13.0. The molecule has 1 amide bonds. The van der Waals surface area contributed by atoms with E-state index in [0.717, 1.165) is 12.1 Å². The summed E-state index contributed by atoms with van der Waals surface area (Å²) in [6.07, 6.45) is -4.51. The lowest BCUT2D eigenvalue weighted by molar-refractivity contribution is -0.384. The molecule has 0 radical (unpaired) electrons. The maximum Gasteiger partial charge on any atom is 0.422 e. The van der Waals surface area contributed by atoms with Crippen molar-refractivity contribution in [1.29, 1.82) is 0 Å². The van der Waals surface area contributed by atoms with Gasteiger partial charge >= 0.3 is 6.18 Å². The summed E-state index contributed by atoms with van der Waals surface area (Å²) in [6, 6.07) is 9.21. The van der Waals surface area contributed by atoms with Crippen LogP contribution in [0.4, 0.5) is 24.5 Å². The minimum Gasteiger partial charge on any atom is -0.482 e. The number of halogens is 3. The van der Waals surface area contributed by atoms with E-state index in [1.54, 1.807) is 13.0 Å². The van der Waals surface area contributed by atoms with Crippen molar-refractivity contribution in [3.8, 4) is 5.75 Å². The molecule has 1 N–H and O–H groups in total. The number of alkyl halides is 3. The van der Waals surface area contributed by atoms with E-state index in [0.29, 0.717) is 5.56 Å². The summed E-state index contributed by atoms with van der Waals surface area (Å²) in [4.78, 5) is 22.2. The number of rotatable bonds is 5. The summed E-state index contributed by atoms with van der Waals surface area (Å²) < 4.78 is 41.8. The highest BCUT2D eigenvalue weighted by Crippen LogP contribution is 2.28. The van der Waals surface area contributed by atoms with Crippen LogP contribution in [0.25, 0.3) is 0 Å². The van der Waals surface area contributed by atoms with Crippen LogP contribution in [0, 0.1) is 17.0 Å². The maximum absolute atomic E-state index is 12.3. The molecule has 0 aliphatic carbocycles. The molecule has 2 aromatic rings. The van der Waals surface area contributed by atoms with Gasteiger partial charge < -0.3 is 10.1 Å². The monoisotopic (exact) mass is 354 g/mol. The average molecular weight is 354 g/mol. The second kappa shape index (κ2) is 7.20. The van der Waals surface area contributed by atoms with Crippen LogP contribution in [-0.2, 0) is 0 Å². The van der Waals surface area contributed by atoms with E-state index >= 15 is 0 Å². The highest BCUT2D eigenvalue weighted by atomic mass is 19.4. The van der Waals surface area contributed by atoms with Crippen LogP contribution in [0.2, 0.25) is 0 Å². The van der Waals surface area contributed by atoms with Gasteiger partial charge in [-0.05, 0) is 36.8 Å². The molecule has 0 aliphatic rings. The van der Waals surface area contributed by atoms with E-state index in [9.17, 15) is 28.1 Å². The highest BCUT2D eigenvalue weighted by Gasteiger charge is 2.29. The third-order valence-electron chi connectivity index (χ3n) is 3.12. The molecule has 2 rings (SSSR count). The highest BCUT2D eigenvalue weighted by molar-refractivity contribution is 6.05. The number of amides is 1. The van der Waals surface area contributed by atoms with E-state index in [4.69, 9.17) is 4.74 Å². The Morgan fingerprint density at radius 3 is 2.40 bits per heavy atom. The Bertz CT molecular complexity index is 789. The van der Waals surface area contributed by atoms with Crippen molar-refractivity contribution in [2.45, 2.75) is 13.1 Å². The molecule has 0 fully saturated rings. The molecule has 0 spiro atoms. The van der Waals surface area contributed by atoms with Crippen molar-refractivity contribution in [2.24, 2.45) is 0 Å². The third-order valence-corrected chi connectivity index (χ3v) is 3.12. The minimum absolute atomic E-state index is 0.0678. The Labute approximate surface area is 140 Å². The van der Waals surface area contributed by atoms with Gasteiger partial charge in [0, 0.05) is 17.7 Å². The first-order chi connectivity index (χ1) is 11.7. The van der Waals surface area contributed by atoms with Crippen molar-refractivity contribution < 1.29 is 27.6 Å². The number of nitro benzene ring substituents is 1. The van der Waals surface area contributed by atoms with Crippen molar-refractivity contribution in [3.05, 3.63) is 63.7 Å². The first kappa shape index (κ1) is 18.2. The normalized spacial score (nSPS) is 11.0. The van der Waals surface area contributed by atoms with Gasteiger partial charge in [-0.3, -0.25) is 14.9 Å². The second-order valence-electron chi connectivity index (χ2n) is 5.16. The molecule has 0 unspecified atom stereocenters. The summed E-state index contributed by atoms with van der Waals surface area (Å²) in [5.41, 5.74) is 0.665. The van der Waals surface area contributed by atoms with Gasteiger partial charge in [-0.15, -0.1) is 0 Å².